The summed E-state index contributed by atoms with van der Waals surface area (Å²) in [5.41, 5.74) is 2.37. The monoisotopic (exact) mass is 299 g/mol. The van der Waals surface area contributed by atoms with Gasteiger partial charge in [-0.15, -0.1) is 0 Å². The molecule has 0 atom stereocenters. The van der Waals surface area contributed by atoms with E-state index in [9.17, 15) is 4.39 Å². The number of nitriles is 1. The maximum Gasteiger partial charge on any atom is 0.125 e. The molecule has 0 saturated carbocycles. The number of imidazole rings is 1. The van der Waals surface area contributed by atoms with E-state index in [1.54, 1.807) is 6.07 Å². The second-order valence-electron chi connectivity index (χ2n) is 4.71. The fraction of sp³-hybridized carbons (Fsp3) is 0.125. The summed E-state index contributed by atoms with van der Waals surface area (Å²) < 4.78 is 15.2. The zero-order valence-electron chi connectivity index (χ0n) is 11.1. The largest absolute Gasteiger partial charge is 0.323 e. The lowest BCUT2D eigenvalue weighted by Gasteiger charge is -2.08. The molecule has 0 radical (unpaired) electrons. The van der Waals surface area contributed by atoms with E-state index in [2.05, 4.69) is 11.1 Å². The Morgan fingerprint density at radius 1 is 1.24 bits per heavy atom. The first kappa shape index (κ1) is 13.6. The summed E-state index contributed by atoms with van der Waals surface area (Å²) in [6.45, 7) is 0.541. The lowest BCUT2D eigenvalue weighted by molar-refractivity contribution is 0.629. The summed E-state index contributed by atoms with van der Waals surface area (Å²) in [5.74, 6) is 0.288. The molecule has 1 aromatic heterocycles. The van der Waals surface area contributed by atoms with Crippen LogP contribution in [0.2, 0.25) is 5.02 Å². The van der Waals surface area contributed by atoms with Gasteiger partial charge < -0.3 is 4.57 Å². The van der Waals surface area contributed by atoms with E-state index in [0.717, 1.165) is 11.1 Å². The van der Waals surface area contributed by atoms with Crippen LogP contribution in [-0.2, 0) is 13.0 Å². The van der Waals surface area contributed by atoms with E-state index in [1.165, 1.54) is 12.1 Å². The first-order chi connectivity index (χ1) is 10.2. The summed E-state index contributed by atoms with van der Waals surface area (Å²) >= 11 is 6.00. The summed E-state index contributed by atoms with van der Waals surface area (Å²) in [6, 6.07) is 14.1. The van der Waals surface area contributed by atoms with Crippen molar-refractivity contribution in [2.75, 3.05) is 0 Å². The van der Waals surface area contributed by atoms with Crippen LogP contribution in [0.15, 0.2) is 42.5 Å². The Kier molecular flexibility index (Phi) is 3.59. The van der Waals surface area contributed by atoms with Crippen LogP contribution >= 0.6 is 11.6 Å². The van der Waals surface area contributed by atoms with E-state index in [0.29, 0.717) is 22.9 Å². The van der Waals surface area contributed by atoms with Crippen LogP contribution in [0.1, 0.15) is 11.4 Å². The number of rotatable bonds is 3. The van der Waals surface area contributed by atoms with Crippen LogP contribution in [-0.4, -0.2) is 9.55 Å². The van der Waals surface area contributed by atoms with Crippen LogP contribution in [0.25, 0.3) is 11.0 Å². The van der Waals surface area contributed by atoms with Crippen molar-refractivity contribution in [3.05, 3.63) is 64.7 Å². The molecule has 3 aromatic rings. The number of benzene rings is 2. The number of hydrogen-bond donors (Lipinski definition) is 0. The third-order valence-corrected chi connectivity index (χ3v) is 3.49. The van der Waals surface area contributed by atoms with Crippen LogP contribution in [0.5, 0.6) is 0 Å². The highest BCUT2D eigenvalue weighted by molar-refractivity contribution is 6.30. The van der Waals surface area contributed by atoms with E-state index >= 15 is 0 Å². The SMILES string of the molecule is N#CCc1nc2cc(F)ccc2n1Cc1cccc(Cl)c1. The molecule has 0 aliphatic rings. The van der Waals surface area contributed by atoms with Crippen molar-refractivity contribution in [1.82, 2.24) is 9.55 Å². The van der Waals surface area contributed by atoms with Crippen molar-refractivity contribution < 1.29 is 4.39 Å². The second-order valence-corrected chi connectivity index (χ2v) is 5.15. The zero-order valence-corrected chi connectivity index (χ0v) is 11.8. The van der Waals surface area contributed by atoms with Gasteiger partial charge in [0.25, 0.3) is 0 Å². The molecule has 0 aliphatic carbocycles. The minimum Gasteiger partial charge on any atom is -0.323 e. The molecular weight excluding hydrogens is 289 g/mol. The van der Waals surface area contributed by atoms with Crippen LogP contribution in [0, 0.1) is 17.1 Å². The summed E-state index contributed by atoms with van der Waals surface area (Å²) in [7, 11) is 0. The first-order valence-corrected chi connectivity index (χ1v) is 6.81. The Bertz CT molecular complexity index is 848. The maximum atomic E-state index is 13.3. The van der Waals surface area contributed by atoms with Gasteiger partial charge in [0, 0.05) is 17.6 Å². The van der Waals surface area contributed by atoms with Gasteiger partial charge >= 0.3 is 0 Å². The molecule has 104 valence electrons. The third-order valence-electron chi connectivity index (χ3n) is 3.26. The van der Waals surface area contributed by atoms with E-state index in [4.69, 9.17) is 16.9 Å². The minimum atomic E-state index is -0.335. The van der Waals surface area contributed by atoms with Crippen LogP contribution in [0.3, 0.4) is 0 Å². The predicted molar refractivity (Wildman–Crippen MR) is 79.6 cm³/mol. The Hall–Kier alpha value is -2.38. The number of fused-ring (bicyclic) bond motifs is 1. The highest BCUT2D eigenvalue weighted by Crippen LogP contribution is 2.20. The Morgan fingerprint density at radius 3 is 2.86 bits per heavy atom. The molecular formula is C16H11ClFN3. The maximum absolute atomic E-state index is 13.3. The molecule has 0 fully saturated rings. The standard InChI is InChI=1S/C16H11ClFN3/c17-12-3-1-2-11(8-12)10-21-15-5-4-13(18)9-14(15)20-16(21)6-7-19/h1-5,8-9H,6,10H2. The molecule has 0 bridgehead atoms. The quantitative estimate of drug-likeness (QED) is 0.735. The van der Waals surface area contributed by atoms with Gasteiger partial charge in [0.2, 0.25) is 0 Å². The number of hydrogen-bond acceptors (Lipinski definition) is 2. The Balaban J connectivity index is 2.11. The van der Waals surface area contributed by atoms with Gasteiger partial charge in [-0.05, 0) is 29.8 Å². The molecule has 1 heterocycles. The van der Waals surface area contributed by atoms with Crippen LogP contribution in [0.4, 0.5) is 4.39 Å². The van der Waals surface area contributed by atoms with E-state index in [1.807, 2.05) is 28.8 Å². The second kappa shape index (κ2) is 5.55. The lowest BCUT2D eigenvalue weighted by Crippen LogP contribution is -2.04. The van der Waals surface area contributed by atoms with Gasteiger partial charge in [0.05, 0.1) is 23.5 Å². The molecule has 21 heavy (non-hydrogen) atoms. The average molecular weight is 300 g/mol. The van der Waals surface area contributed by atoms with Gasteiger partial charge in [-0.2, -0.15) is 5.26 Å². The van der Waals surface area contributed by atoms with Gasteiger partial charge in [-0.25, -0.2) is 9.37 Å². The number of halogens is 2. The van der Waals surface area contributed by atoms with E-state index < -0.39 is 0 Å². The highest BCUT2D eigenvalue weighted by Gasteiger charge is 2.11. The Labute approximate surface area is 126 Å². The summed E-state index contributed by atoms with van der Waals surface area (Å²) in [4.78, 5) is 4.35. The van der Waals surface area contributed by atoms with Gasteiger partial charge in [-0.1, -0.05) is 23.7 Å². The number of aromatic nitrogens is 2. The third kappa shape index (κ3) is 2.74. The van der Waals surface area contributed by atoms with E-state index in [-0.39, 0.29) is 12.2 Å². The molecule has 0 saturated heterocycles. The smallest absolute Gasteiger partial charge is 0.125 e. The van der Waals surface area contributed by atoms with Gasteiger partial charge in [0.1, 0.15) is 11.6 Å². The molecule has 2 aromatic carbocycles. The molecule has 3 rings (SSSR count). The predicted octanol–water partition coefficient (Wildman–Crippen LogP) is 3.94. The summed E-state index contributed by atoms with van der Waals surface area (Å²) in [6.07, 6.45) is 0.177. The average Bonchev–Trinajstić information content (AvgIpc) is 2.76. The zero-order chi connectivity index (χ0) is 14.8. The van der Waals surface area contributed by atoms with Crippen LogP contribution < -0.4 is 0 Å². The molecule has 0 unspecified atom stereocenters. The van der Waals surface area contributed by atoms with Crippen molar-refractivity contribution in [3.8, 4) is 6.07 Å². The molecule has 0 aliphatic heterocycles. The van der Waals surface area contributed by atoms with Crippen molar-refractivity contribution >= 4 is 22.6 Å². The van der Waals surface area contributed by atoms with Crippen molar-refractivity contribution in [1.29, 1.82) is 5.26 Å². The normalized spacial score (nSPS) is 10.7. The topological polar surface area (TPSA) is 41.6 Å². The minimum absolute atomic E-state index is 0.177. The van der Waals surface area contributed by atoms with Crippen molar-refractivity contribution in [3.63, 3.8) is 0 Å². The summed E-state index contributed by atoms with van der Waals surface area (Å²) in [5, 5.41) is 9.59. The van der Waals surface area contributed by atoms with Gasteiger partial charge in [0.15, 0.2) is 0 Å². The fourth-order valence-electron chi connectivity index (χ4n) is 2.35. The fourth-order valence-corrected chi connectivity index (χ4v) is 2.57. The number of nitrogens with zero attached hydrogens (tertiary/aromatic N) is 3. The lowest BCUT2D eigenvalue weighted by atomic mass is 10.2. The molecule has 0 spiro atoms. The first-order valence-electron chi connectivity index (χ1n) is 6.43. The molecule has 0 amide bonds. The van der Waals surface area contributed by atoms with Gasteiger partial charge in [-0.3, -0.25) is 0 Å². The molecule has 0 N–H and O–H groups in total. The molecule has 3 nitrogen and oxygen atoms in total. The van der Waals surface area contributed by atoms with Crippen molar-refractivity contribution in [2.24, 2.45) is 0 Å². The highest BCUT2D eigenvalue weighted by atomic mass is 35.5. The Morgan fingerprint density at radius 2 is 2.10 bits per heavy atom. The van der Waals surface area contributed by atoms with Crippen molar-refractivity contribution in [2.45, 2.75) is 13.0 Å². The molecule has 5 heteroatoms.